The van der Waals surface area contributed by atoms with Crippen LogP contribution in [0.3, 0.4) is 0 Å². The van der Waals surface area contributed by atoms with Gasteiger partial charge in [0.25, 0.3) is 0 Å². The minimum absolute atomic E-state index is 0.733. The third kappa shape index (κ3) is 5.08. The van der Waals surface area contributed by atoms with Crippen LogP contribution < -0.4 is 10.6 Å². The summed E-state index contributed by atoms with van der Waals surface area (Å²) in [6, 6.07) is 10.2. The van der Waals surface area contributed by atoms with Gasteiger partial charge in [-0.1, -0.05) is 25.1 Å². The molecule has 3 aromatic rings. The van der Waals surface area contributed by atoms with E-state index in [1.165, 1.54) is 4.88 Å². The molecule has 0 bridgehead atoms. The molecule has 0 radical (unpaired) electrons. The standard InChI is InChI=1S/C20H26N4OS/c1-3-17-14-24-19(26-17)10-12-23-20(21-4-2)22-11-9-16-13-15-7-5-6-8-18(15)25-16/h5-8,13-14H,3-4,9-12H2,1-2H3,(H2,21,22,23). The summed E-state index contributed by atoms with van der Waals surface area (Å²) in [5.41, 5.74) is 0.943. The molecule has 0 atom stereocenters. The molecule has 0 saturated heterocycles. The van der Waals surface area contributed by atoms with Gasteiger partial charge < -0.3 is 15.1 Å². The maximum Gasteiger partial charge on any atom is 0.191 e. The van der Waals surface area contributed by atoms with Gasteiger partial charge in [0.15, 0.2) is 5.96 Å². The zero-order valence-electron chi connectivity index (χ0n) is 15.4. The van der Waals surface area contributed by atoms with E-state index in [9.17, 15) is 0 Å². The molecule has 0 amide bonds. The third-order valence-corrected chi connectivity index (χ3v) is 5.23. The Balaban J connectivity index is 1.49. The Morgan fingerprint density at radius 1 is 1.19 bits per heavy atom. The third-order valence-electron chi connectivity index (χ3n) is 4.03. The van der Waals surface area contributed by atoms with Crippen molar-refractivity contribution in [2.24, 2.45) is 4.99 Å². The molecule has 0 aliphatic carbocycles. The molecular weight excluding hydrogens is 344 g/mol. The maximum absolute atomic E-state index is 5.85. The van der Waals surface area contributed by atoms with Crippen molar-refractivity contribution in [1.29, 1.82) is 0 Å². The molecule has 1 aromatic carbocycles. The molecule has 2 N–H and O–H groups in total. The van der Waals surface area contributed by atoms with Crippen molar-refractivity contribution in [2.45, 2.75) is 33.1 Å². The van der Waals surface area contributed by atoms with Crippen LogP contribution in [0.2, 0.25) is 0 Å². The number of furan rings is 1. The molecule has 26 heavy (non-hydrogen) atoms. The number of hydrogen-bond donors (Lipinski definition) is 2. The molecule has 2 aromatic heterocycles. The summed E-state index contributed by atoms with van der Waals surface area (Å²) in [4.78, 5) is 10.4. The van der Waals surface area contributed by atoms with Gasteiger partial charge in [-0.3, -0.25) is 4.99 Å². The fourth-order valence-corrected chi connectivity index (χ4v) is 3.55. The topological polar surface area (TPSA) is 62.5 Å². The Hall–Kier alpha value is -2.34. The Bertz CT molecular complexity index is 819. The number of benzene rings is 1. The number of para-hydroxylation sites is 1. The van der Waals surface area contributed by atoms with Crippen LogP contribution in [0.1, 0.15) is 29.5 Å². The van der Waals surface area contributed by atoms with E-state index in [0.717, 1.165) is 66.6 Å². The zero-order valence-corrected chi connectivity index (χ0v) is 16.2. The number of fused-ring (bicyclic) bond motifs is 1. The number of rotatable bonds is 8. The number of thiazole rings is 1. The van der Waals surface area contributed by atoms with Crippen LogP contribution in [0.4, 0.5) is 0 Å². The van der Waals surface area contributed by atoms with E-state index in [4.69, 9.17) is 4.42 Å². The van der Waals surface area contributed by atoms with Gasteiger partial charge >= 0.3 is 0 Å². The van der Waals surface area contributed by atoms with Crippen LogP contribution in [-0.4, -0.2) is 30.6 Å². The van der Waals surface area contributed by atoms with Crippen molar-refractivity contribution in [2.75, 3.05) is 19.6 Å². The predicted molar refractivity (Wildman–Crippen MR) is 109 cm³/mol. The molecule has 0 saturated carbocycles. The average molecular weight is 371 g/mol. The number of aliphatic imine (C=N–C) groups is 1. The summed E-state index contributed by atoms with van der Waals surface area (Å²) < 4.78 is 5.85. The lowest BCUT2D eigenvalue weighted by atomic mass is 10.2. The number of nitrogens with zero attached hydrogens (tertiary/aromatic N) is 2. The summed E-state index contributed by atoms with van der Waals surface area (Å²) >= 11 is 1.78. The highest BCUT2D eigenvalue weighted by Gasteiger charge is 2.04. The number of nitrogens with one attached hydrogen (secondary N) is 2. The fraction of sp³-hybridized carbons (Fsp3) is 0.400. The Morgan fingerprint density at radius 3 is 2.85 bits per heavy atom. The first-order chi connectivity index (χ1) is 12.8. The first kappa shape index (κ1) is 18.5. The van der Waals surface area contributed by atoms with Crippen LogP contribution >= 0.6 is 11.3 Å². The highest BCUT2D eigenvalue weighted by Crippen LogP contribution is 2.18. The average Bonchev–Trinajstić information content (AvgIpc) is 3.27. The number of aromatic nitrogens is 1. The smallest absolute Gasteiger partial charge is 0.191 e. The second-order valence-corrected chi connectivity index (χ2v) is 7.21. The summed E-state index contributed by atoms with van der Waals surface area (Å²) in [5, 5.41) is 8.97. The molecule has 0 aliphatic heterocycles. The molecule has 5 nitrogen and oxygen atoms in total. The maximum atomic E-state index is 5.85. The first-order valence-electron chi connectivity index (χ1n) is 9.21. The number of aryl methyl sites for hydroxylation is 1. The quantitative estimate of drug-likeness (QED) is 0.468. The second-order valence-electron chi connectivity index (χ2n) is 6.01. The molecule has 0 aliphatic rings. The van der Waals surface area contributed by atoms with Gasteiger partial charge in [0.05, 0.1) is 5.01 Å². The van der Waals surface area contributed by atoms with Crippen molar-refractivity contribution in [3.05, 3.63) is 52.2 Å². The van der Waals surface area contributed by atoms with E-state index in [1.807, 2.05) is 24.4 Å². The lowest BCUT2D eigenvalue weighted by Crippen LogP contribution is -2.38. The second kappa shape index (κ2) is 9.38. The van der Waals surface area contributed by atoms with Crippen molar-refractivity contribution in [3.63, 3.8) is 0 Å². The largest absolute Gasteiger partial charge is 0.461 e. The van der Waals surface area contributed by atoms with Gasteiger partial charge in [0, 0.05) is 48.9 Å². The lowest BCUT2D eigenvalue weighted by molar-refractivity contribution is 0.544. The highest BCUT2D eigenvalue weighted by atomic mass is 32.1. The number of guanidine groups is 1. The van der Waals surface area contributed by atoms with Crippen molar-refractivity contribution >= 4 is 28.3 Å². The van der Waals surface area contributed by atoms with E-state index < -0.39 is 0 Å². The summed E-state index contributed by atoms with van der Waals surface area (Å²) in [6.07, 6.45) is 4.73. The molecule has 3 rings (SSSR count). The molecule has 0 fully saturated rings. The van der Waals surface area contributed by atoms with E-state index in [1.54, 1.807) is 11.3 Å². The fourth-order valence-electron chi connectivity index (χ4n) is 2.70. The molecule has 138 valence electrons. The van der Waals surface area contributed by atoms with Crippen LogP contribution in [0, 0.1) is 0 Å². The summed E-state index contributed by atoms with van der Waals surface area (Å²) in [7, 11) is 0. The monoisotopic (exact) mass is 370 g/mol. The number of hydrogen-bond acceptors (Lipinski definition) is 4. The minimum Gasteiger partial charge on any atom is -0.461 e. The van der Waals surface area contributed by atoms with Gasteiger partial charge in [-0.25, -0.2) is 4.98 Å². The summed E-state index contributed by atoms with van der Waals surface area (Å²) in [6.45, 7) is 6.59. The minimum atomic E-state index is 0.733. The normalized spacial score (nSPS) is 11.8. The van der Waals surface area contributed by atoms with E-state index in [2.05, 4.69) is 46.6 Å². The van der Waals surface area contributed by atoms with Crippen LogP contribution in [-0.2, 0) is 19.3 Å². The van der Waals surface area contributed by atoms with Crippen LogP contribution in [0.5, 0.6) is 0 Å². The Kier molecular flexibility index (Phi) is 6.66. The molecule has 0 spiro atoms. The highest BCUT2D eigenvalue weighted by molar-refractivity contribution is 7.11. The molecule has 6 heteroatoms. The van der Waals surface area contributed by atoms with E-state index >= 15 is 0 Å². The van der Waals surface area contributed by atoms with Crippen LogP contribution in [0.25, 0.3) is 11.0 Å². The first-order valence-corrected chi connectivity index (χ1v) is 10.0. The molecular formula is C20H26N4OS. The van der Waals surface area contributed by atoms with Gasteiger partial charge in [-0.05, 0) is 25.5 Å². The lowest BCUT2D eigenvalue weighted by Gasteiger charge is -2.10. The van der Waals surface area contributed by atoms with Crippen molar-refractivity contribution in [3.8, 4) is 0 Å². The predicted octanol–water partition coefficient (Wildman–Crippen LogP) is 3.79. The van der Waals surface area contributed by atoms with Crippen molar-refractivity contribution < 1.29 is 4.42 Å². The molecule has 0 unspecified atom stereocenters. The van der Waals surface area contributed by atoms with Gasteiger partial charge in [-0.15, -0.1) is 11.3 Å². The Morgan fingerprint density at radius 2 is 2.08 bits per heavy atom. The Labute approximate surface area is 158 Å². The van der Waals surface area contributed by atoms with Crippen LogP contribution in [0.15, 0.2) is 45.9 Å². The molecule has 2 heterocycles. The van der Waals surface area contributed by atoms with Gasteiger partial charge in [0.1, 0.15) is 11.3 Å². The van der Waals surface area contributed by atoms with Gasteiger partial charge in [0.2, 0.25) is 0 Å². The SMILES string of the molecule is CCNC(=NCCc1ncc(CC)s1)NCCc1cc2ccccc2o1. The zero-order chi connectivity index (χ0) is 18.2. The van der Waals surface area contributed by atoms with E-state index in [-0.39, 0.29) is 0 Å². The van der Waals surface area contributed by atoms with Gasteiger partial charge in [-0.2, -0.15) is 0 Å². The van der Waals surface area contributed by atoms with Crippen molar-refractivity contribution in [1.82, 2.24) is 15.6 Å². The summed E-state index contributed by atoms with van der Waals surface area (Å²) in [5.74, 6) is 1.83. The van der Waals surface area contributed by atoms with E-state index in [0.29, 0.717) is 0 Å².